The van der Waals surface area contributed by atoms with E-state index in [2.05, 4.69) is 62.5 Å². The Morgan fingerprint density at radius 2 is 1.80 bits per heavy atom. The molecule has 0 amide bonds. The molecule has 0 radical (unpaired) electrons. The van der Waals surface area contributed by atoms with E-state index in [1.807, 2.05) is 6.07 Å². The lowest BCUT2D eigenvalue weighted by molar-refractivity contribution is 0.414. The number of hydrogen-bond donors (Lipinski definition) is 1. The van der Waals surface area contributed by atoms with Crippen LogP contribution in [0.3, 0.4) is 0 Å². The van der Waals surface area contributed by atoms with Gasteiger partial charge in [-0.1, -0.05) is 44.2 Å². The first kappa shape index (κ1) is 14.6. The quantitative estimate of drug-likeness (QED) is 0.879. The zero-order valence-corrected chi connectivity index (χ0v) is 12.7. The maximum Gasteiger partial charge on any atom is 0.119 e. The lowest BCUT2D eigenvalue weighted by Gasteiger charge is -2.15. The predicted octanol–water partition coefficient (Wildman–Crippen LogP) is 4.17. The molecule has 106 valence electrons. The van der Waals surface area contributed by atoms with E-state index in [-0.39, 0.29) is 0 Å². The normalized spacial score (nSPS) is 10.8. The molecule has 0 atom stereocenters. The molecule has 1 N–H and O–H groups in total. The first-order valence-electron chi connectivity index (χ1n) is 7.08. The fourth-order valence-corrected chi connectivity index (χ4v) is 2.32. The molecule has 2 nitrogen and oxygen atoms in total. The number of ether oxygens (including phenoxy) is 1. The molecule has 2 rings (SSSR count). The minimum Gasteiger partial charge on any atom is -0.497 e. The van der Waals surface area contributed by atoms with Gasteiger partial charge in [-0.15, -0.1) is 0 Å². The first-order chi connectivity index (χ1) is 9.61. The van der Waals surface area contributed by atoms with Crippen molar-refractivity contribution in [1.82, 2.24) is 5.32 Å². The van der Waals surface area contributed by atoms with Gasteiger partial charge in [0, 0.05) is 12.6 Å². The van der Waals surface area contributed by atoms with Crippen LogP contribution >= 0.6 is 0 Å². The molecule has 0 aliphatic rings. The van der Waals surface area contributed by atoms with Crippen molar-refractivity contribution in [3.63, 3.8) is 0 Å². The van der Waals surface area contributed by atoms with E-state index in [0.717, 1.165) is 12.3 Å². The van der Waals surface area contributed by atoms with Crippen molar-refractivity contribution in [1.29, 1.82) is 0 Å². The van der Waals surface area contributed by atoms with Crippen LogP contribution in [0.1, 0.15) is 25.0 Å². The SMILES string of the molecule is COc1ccc(-c2ccccc2CNC(C)C)c(C)c1. The third-order valence-electron chi connectivity index (χ3n) is 3.44. The summed E-state index contributed by atoms with van der Waals surface area (Å²) < 4.78 is 5.28. The minimum atomic E-state index is 0.486. The highest BCUT2D eigenvalue weighted by Crippen LogP contribution is 2.29. The van der Waals surface area contributed by atoms with Crippen molar-refractivity contribution in [2.24, 2.45) is 0 Å². The van der Waals surface area contributed by atoms with Gasteiger partial charge in [0.15, 0.2) is 0 Å². The summed E-state index contributed by atoms with van der Waals surface area (Å²) in [6.07, 6.45) is 0. The Labute approximate surface area is 121 Å². The van der Waals surface area contributed by atoms with Crippen molar-refractivity contribution >= 4 is 0 Å². The summed E-state index contributed by atoms with van der Waals surface area (Å²) in [5, 5.41) is 3.49. The Balaban J connectivity index is 2.37. The van der Waals surface area contributed by atoms with Gasteiger partial charge in [0.05, 0.1) is 7.11 Å². The smallest absolute Gasteiger partial charge is 0.119 e. The van der Waals surface area contributed by atoms with Crippen LogP contribution in [0.2, 0.25) is 0 Å². The number of aryl methyl sites for hydroxylation is 1. The minimum absolute atomic E-state index is 0.486. The first-order valence-corrected chi connectivity index (χ1v) is 7.08. The Kier molecular flexibility index (Phi) is 4.80. The molecule has 2 aromatic rings. The molecule has 0 saturated heterocycles. The lowest BCUT2D eigenvalue weighted by Crippen LogP contribution is -2.22. The van der Waals surface area contributed by atoms with Gasteiger partial charge in [0.1, 0.15) is 5.75 Å². The van der Waals surface area contributed by atoms with Crippen LogP contribution in [0.5, 0.6) is 5.75 Å². The molecular weight excluding hydrogens is 246 g/mol. The largest absolute Gasteiger partial charge is 0.497 e. The summed E-state index contributed by atoms with van der Waals surface area (Å²) >= 11 is 0. The molecule has 0 spiro atoms. The summed E-state index contributed by atoms with van der Waals surface area (Å²) in [6, 6.07) is 15.3. The van der Waals surface area contributed by atoms with Crippen LogP contribution in [-0.2, 0) is 6.54 Å². The average molecular weight is 269 g/mol. The molecular formula is C18H23NO. The van der Waals surface area contributed by atoms with E-state index in [0.29, 0.717) is 6.04 Å². The monoisotopic (exact) mass is 269 g/mol. The average Bonchev–Trinajstić information content (AvgIpc) is 2.45. The van der Waals surface area contributed by atoms with E-state index in [1.54, 1.807) is 7.11 Å². The van der Waals surface area contributed by atoms with Gasteiger partial charge in [0.25, 0.3) is 0 Å². The summed E-state index contributed by atoms with van der Waals surface area (Å²) in [6.45, 7) is 7.35. The molecule has 0 bridgehead atoms. The summed E-state index contributed by atoms with van der Waals surface area (Å²) in [4.78, 5) is 0. The number of rotatable bonds is 5. The molecule has 2 aromatic carbocycles. The molecule has 2 heteroatoms. The molecule has 0 aromatic heterocycles. The zero-order chi connectivity index (χ0) is 14.5. The number of hydrogen-bond acceptors (Lipinski definition) is 2. The second kappa shape index (κ2) is 6.58. The highest BCUT2D eigenvalue weighted by molar-refractivity contribution is 5.71. The molecule has 0 aliphatic carbocycles. The maximum atomic E-state index is 5.28. The van der Waals surface area contributed by atoms with Crippen LogP contribution in [-0.4, -0.2) is 13.2 Å². The summed E-state index contributed by atoms with van der Waals surface area (Å²) in [5.41, 5.74) is 5.13. The van der Waals surface area contributed by atoms with E-state index < -0.39 is 0 Å². The van der Waals surface area contributed by atoms with Gasteiger partial charge in [0.2, 0.25) is 0 Å². The second-order valence-corrected chi connectivity index (χ2v) is 5.37. The Morgan fingerprint density at radius 1 is 1.05 bits per heavy atom. The van der Waals surface area contributed by atoms with Crippen LogP contribution in [0.25, 0.3) is 11.1 Å². The zero-order valence-electron chi connectivity index (χ0n) is 12.7. The number of nitrogens with one attached hydrogen (secondary N) is 1. The molecule has 0 unspecified atom stereocenters. The van der Waals surface area contributed by atoms with Crippen molar-refractivity contribution in [2.45, 2.75) is 33.4 Å². The number of benzene rings is 2. The third-order valence-corrected chi connectivity index (χ3v) is 3.44. The molecule has 20 heavy (non-hydrogen) atoms. The maximum absolute atomic E-state index is 5.28. The highest BCUT2D eigenvalue weighted by Gasteiger charge is 2.08. The molecule has 0 saturated carbocycles. The fourth-order valence-electron chi connectivity index (χ4n) is 2.32. The molecule has 0 fully saturated rings. The van der Waals surface area contributed by atoms with E-state index in [4.69, 9.17) is 4.74 Å². The second-order valence-electron chi connectivity index (χ2n) is 5.37. The standard InChI is InChI=1S/C18H23NO/c1-13(2)19-12-15-7-5-6-8-18(15)17-10-9-16(20-4)11-14(17)3/h5-11,13,19H,12H2,1-4H3. The van der Waals surface area contributed by atoms with Crippen molar-refractivity contribution < 1.29 is 4.74 Å². The van der Waals surface area contributed by atoms with Gasteiger partial charge in [-0.25, -0.2) is 0 Å². The summed E-state index contributed by atoms with van der Waals surface area (Å²) in [5.74, 6) is 0.907. The van der Waals surface area contributed by atoms with E-state index >= 15 is 0 Å². The van der Waals surface area contributed by atoms with Crippen molar-refractivity contribution in [3.05, 3.63) is 53.6 Å². The molecule has 0 heterocycles. The third kappa shape index (κ3) is 3.40. The van der Waals surface area contributed by atoms with Crippen molar-refractivity contribution in [3.8, 4) is 16.9 Å². The lowest BCUT2D eigenvalue weighted by atomic mass is 9.95. The van der Waals surface area contributed by atoms with Gasteiger partial charge in [-0.2, -0.15) is 0 Å². The molecule has 0 aliphatic heterocycles. The van der Waals surface area contributed by atoms with Crippen LogP contribution in [0, 0.1) is 6.92 Å². The Hall–Kier alpha value is -1.80. The van der Waals surface area contributed by atoms with Crippen LogP contribution < -0.4 is 10.1 Å². The van der Waals surface area contributed by atoms with E-state index in [9.17, 15) is 0 Å². The topological polar surface area (TPSA) is 21.3 Å². The predicted molar refractivity (Wildman–Crippen MR) is 85.1 cm³/mol. The van der Waals surface area contributed by atoms with Gasteiger partial charge < -0.3 is 10.1 Å². The Morgan fingerprint density at radius 3 is 2.45 bits per heavy atom. The van der Waals surface area contributed by atoms with Crippen LogP contribution in [0.15, 0.2) is 42.5 Å². The van der Waals surface area contributed by atoms with Crippen molar-refractivity contribution in [2.75, 3.05) is 7.11 Å². The number of methoxy groups -OCH3 is 1. The summed E-state index contributed by atoms with van der Waals surface area (Å²) in [7, 11) is 1.70. The highest BCUT2D eigenvalue weighted by atomic mass is 16.5. The van der Waals surface area contributed by atoms with E-state index in [1.165, 1.54) is 22.3 Å². The van der Waals surface area contributed by atoms with Gasteiger partial charge >= 0.3 is 0 Å². The fraction of sp³-hybridized carbons (Fsp3) is 0.333. The van der Waals surface area contributed by atoms with Crippen LogP contribution in [0.4, 0.5) is 0 Å². The van der Waals surface area contributed by atoms with Gasteiger partial charge in [-0.3, -0.25) is 0 Å². The van der Waals surface area contributed by atoms with Gasteiger partial charge in [-0.05, 0) is 41.3 Å². The Bertz CT molecular complexity index is 575.